The first-order valence-corrected chi connectivity index (χ1v) is 11.1. The molecular weight excluding hydrogens is 434 g/mol. The second-order valence-corrected chi connectivity index (χ2v) is 8.50. The summed E-state index contributed by atoms with van der Waals surface area (Å²) in [5.41, 5.74) is 4.76. The highest BCUT2D eigenvalue weighted by atomic mass is 16.5. The van der Waals surface area contributed by atoms with Crippen LogP contribution in [0.2, 0.25) is 0 Å². The second-order valence-electron chi connectivity index (χ2n) is 8.50. The Morgan fingerprint density at radius 3 is 2.29 bits per heavy atom. The molecule has 34 heavy (non-hydrogen) atoms. The van der Waals surface area contributed by atoms with Gasteiger partial charge in [-0.1, -0.05) is 48.5 Å². The molecule has 0 aliphatic heterocycles. The van der Waals surface area contributed by atoms with Crippen LogP contribution < -0.4 is 10.6 Å². The van der Waals surface area contributed by atoms with Gasteiger partial charge < -0.3 is 15.2 Å². The van der Waals surface area contributed by atoms with E-state index in [0.717, 1.165) is 22.3 Å². The molecule has 8 heteroatoms. The number of hydrogen-bond donors (Lipinski definition) is 3. The first-order chi connectivity index (χ1) is 16.5. The van der Waals surface area contributed by atoms with E-state index in [9.17, 15) is 14.4 Å². The van der Waals surface area contributed by atoms with Crippen LogP contribution in [0.1, 0.15) is 34.0 Å². The van der Waals surface area contributed by atoms with Crippen LogP contribution in [0.25, 0.3) is 11.1 Å². The largest absolute Gasteiger partial charge is 0.481 e. The zero-order valence-corrected chi connectivity index (χ0v) is 18.2. The number of amides is 2. The van der Waals surface area contributed by atoms with Gasteiger partial charge in [-0.2, -0.15) is 0 Å². The minimum atomic E-state index is -0.852. The van der Waals surface area contributed by atoms with E-state index in [4.69, 9.17) is 9.84 Å². The Morgan fingerprint density at radius 1 is 0.971 bits per heavy atom. The lowest BCUT2D eigenvalue weighted by Crippen LogP contribution is -2.29. The summed E-state index contributed by atoms with van der Waals surface area (Å²) in [6.07, 6.45) is 1.31. The van der Waals surface area contributed by atoms with Crippen LogP contribution in [0.3, 0.4) is 0 Å². The van der Waals surface area contributed by atoms with E-state index >= 15 is 0 Å². The summed E-state index contributed by atoms with van der Waals surface area (Å²) in [5.74, 6) is -1.90. The van der Waals surface area contributed by atoms with Gasteiger partial charge in [0, 0.05) is 18.7 Å². The number of ether oxygens (including phenoxy) is 1. The molecule has 0 spiro atoms. The van der Waals surface area contributed by atoms with Crippen LogP contribution in [0.15, 0.2) is 66.9 Å². The van der Waals surface area contributed by atoms with E-state index in [1.165, 1.54) is 6.20 Å². The molecule has 1 aromatic heterocycles. The van der Waals surface area contributed by atoms with Gasteiger partial charge in [-0.05, 0) is 46.7 Å². The Labute approximate surface area is 196 Å². The van der Waals surface area contributed by atoms with Gasteiger partial charge >= 0.3 is 12.1 Å². The van der Waals surface area contributed by atoms with Gasteiger partial charge in [0.15, 0.2) is 5.69 Å². The number of carbonyl (C=O) groups is 3. The fourth-order valence-electron chi connectivity index (χ4n) is 4.51. The summed E-state index contributed by atoms with van der Waals surface area (Å²) in [6, 6.07) is 19.3. The number of hydrogen-bond acceptors (Lipinski definition) is 5. The minimum Gasteiger partial charge on any atom is -0.481 e. The third kappa shape index (κ3) is 4.22. The van der Waals surface area contributed by atoms with Crippen molar-refractivity contribution in [3.05, 3.63) is 83.7 Å². The summed E-state index contributed by atoms with van der Waals surface area (Å²) in [6.45, 7) is 0.399. The summed E-state index contributed by atoms with van der Waals surface area (Å²) < 4.78 is 5.55. The SMILES string of the molecule is O=C(Nc1cccnc1C(=O)NCC1CC1C(=O)O)OCC1c2ccccc2-c2ccccc21. The maximum absolute atomic E-state index is 12.6. The number of carboxylic acid groups (broad SMARTS) is 1. The summed E-state index contributed by atoms with van der Waals surface area (Å²) in [5, 5.41) is 14.3. The molecule has 2 atom stereocenters. The number of nitrogens with zero attached hydrogens (tertiary/aromatic N) is 1. The number of carbonyl (C=O) groups excluding carboxylic acids is 2. The number of benzene rings is 2. The number of anilines is 1. The number of rotatable bonds is 7. The standard InChI is InChI=1S/C26H23N3O5/c30-24(28-13-15-12-20(15)25(31)32)23-22(10-5-11-27-23)29-26(33)34-14-21-18-8-3-1-6-16(18)17-7-2-4-9-19(17)21/h1-11,15,20-21H,12-14H2,(H,28,30)(H,29,33)(H,31,32). The Bertz CT molecular complexity index is 1230. The number of pyridine rings is 1. The Hall–Kier alpha value is -4.20. The number of aliphatic carboxylic acids is 1. The third-order valence-electron chi connectivity index (χ3n) is 6.37. The van der Waals surface area contributed by atoms with Crippen LogP contribution in [0.5, 0.6) is 0 Å². The van der Waals surface area contributed by atoms with Crippen molar-refractivity contribution in [2.75, 3.05) is 18.5 Å². The van der Waals surface area contributed by atoms with Crippen molar-refractivity contribution >= 4 is 23.7 Å². The van der Waals surface area contributed by atoms with Crippen LogP contribution in [-0.2, 0) is 9.53 Å². The second kappa shape index (κ2) is 8.97. The van der Waals surface area contributed by atoms with Gasteiger partial charge in [-0.3, -0.25) is 14.9 Å². The molecule has 2 unspecified atom stereocenters. The van der Waals surface area contributed by atoms with Crippen LogP contribution in [-0.4, -0.2) is 41.2 Å². The number of carboxylic acids is 1. The minimum absolute atomic E-state index is 0.0449. The van der Waals surface area contributed by atoms with E-state index in [1.54, 1.807) is 12.1 Å². The van der Waals surface area contributed by atoms with Crippen molar-refractivity contribution in [2.45, 2.75) is 12.3 Å². The van der Waals surface area contributed by atoms with Gasteiger partial charge in [0.25, 0.3) is 5.91 Å². The molecule has 0 bridgehead atoms. The first kappa shape index (κ1) is 21.6. The van der Waals surface area contributed by atoms with Crippen molar-refractivity contribution in [3.8, 4) is 11.1 Å². The summed E-state index contributed by atoms with van der Waals surface area (Å²) >= 11 is 0. The molecule has 3 aromatic rings. The predicted octanol–water partition coefficient (Wildman–Crippen LogP) is 3.89. The average Bonchev–Trinajstić information content (AvgIpc) is 3.57. The summed E-state index contributed by atoms with van der Waals surface area (Å²) in [4.78, 5) is 40.2. The molecule has 3 N–H and O–H groups in total. The molecule has 5 rings (SSSR count). The fraction of sp³-hybridized carbons (Fsp3) is 0.231. The van der Waals surface area contributed by atoms with Gasteiger partial charge in [0.1, 0.15) is 6.61 Å². The molecule has 1 saturated carbocycles. The lowest BCUT2D eigenvalue weighted by Gasteiger charge is -2.15. The number of fused-ring (bicyclic) bond motifs is 3. The highest BCUT2D eigenvalue weighted by Crippen LogP contribution is 2.44. The molecule has 2 aliphatic carbocycles. The summed E-state index contributed by atoms with van der Waals surface area (Å²) in [7, 11) is 0. The molecular formula is C26H23N3O5. The maximum Gasteiger partial charge on any atom is 0.411 e. The van der Waals surface area contributed by atoms with Gasteiger partial charge in [-0.15, -0.1) is 0 Å². The quantitative estimate of drug-likeness (QED) is 0.495. The molecule has 0 saturated heterocycles. The molecule has 1 heterocycles. The topological polar surface area (TPSA) is 118 Å². The predicted molar refractivity (Wildman–Crippen MR) is 124 cm³/mol. The van der Waals surface area contributed by atoms with E-state index < -0.39 is 23.9 Å². The fourth-order valence-corrected chi connectivity index (χ4v) is 4.51. The Balaban J connectivity index is 1.22. The van der Waals surface area contributed by atoms with Gasteiger partial charge in [-0.25, -0.2) is 9.78 Å². The first-order valence-electron chi connectivity index (χ1n) is 11.1. The van der Waals surface area contributed by atoms with Crippen LogP contribution in [0.4, 0.5) is 10.5 Å². The highest BCUT2D eigenvalue weighted by molar-refractivity contribution is 6.01. The smallest absolute Gasteiger partial charge is 0.411 e. The molecule has 1 fully saturated rings. The number of aromatic nitrogens is 1. The maximum atomic E-state index is 12.6. The molecule has 2 amide bonds. The Morgan fingerprint density at radius 2 is 1.65 bits per heavy atom. The molecule has 0 radical (unpaired) electrons. The zero-order valence-electron chi connectivity index (χ0n) is 18.2. The zero-order chi connectivity index (χ0) is 23.7. The average molecular weight is 457 g/mol. The third-order valence-corrected chi connectivity index (χ3v) is 6.37. The van der Waals surface area contributed by atoms with Crippen molar-refractivity contribution in [1.82, 2.24) is 10.3 Å². The highest BCUT2D eigenvalue weighted by Gasteiger charge is 2.43. The van der Waals surface area contributed by atoms with Crippen molar-refractivity contribution in [2.24, 2.45) is 11.8 Å². The number of nitrogens with one attached hydrogen (secondary N) is 2. The molecule has 8 nitrogen and oxygen atoms in total. The molecule has 2 aliphatic rings. The van der Waals surface area contributed by atoms with Crippen LogP contribution >= 0.6 is 0 Å². The van der Waals surface area contributed by atoms with E-state index in [-0.39, 0.29) is 36.4 Å². The lowest BCUT2D eigenvalue weighted by atomic mass is 9.98. The van der Waals surface area contributed by atoms with Crippen molar-refractivity contribution in [1.29, 1.82) is 0 Å². The van der Waals surface area contributed by atoms with Crippen molar-refractivity contribution in [3.63, 3.8) is 0 Å². The van der Waals surface area contributed by atoms with Gasteiger partial charge in [0.2, 0.25) is 0 Å². The Kier molecular flexibility index (Phi) is 5.71. The monoisotopic (exact) mass is 457 g/mol. The van der Waals surface area contributed by atoms with Crippen molar-refractivity contribution < 1.29 is 24.2 Å². The van der Waals surface area contributed by atoms with E-state index in [1.807, 2.05) is 36.4 Å². The van der Waals surface area contributed by atoms with E-state index in [0.29, 0.717) is 6.42 Å². The molecule has 172 valence electrons. The van der Waals surface area contributed by atoms with E-state index in [2.05, 4.69) is 27.8 Å². The van der Waals surface area contributed by atoms with Crippen LogP contribution in [0, 0.1) is 11.8 Å². The normalized spacial score (nSPS) is 17.9. The van der Waals surface area contributed by atoms with Gasteiger partial charge in [0.05, 0.1) is 11.6 Å². The molecule has 2 aromatic carbocycles. The lowest BCUT2D eigenvalue weighted by molar-refractivity contribution is -0.138.